The van der Waals surface area contributed by atoms with Gasteiger partial charge in [-0.3, -0.25) is 29.3 Å². The maximum atomic E-state index is 12.5. The van der Waals surface area contributed by atoms with Crippen molar-refractivity contribution in [3.63, 3.8) is 0 Å². The van der Waals surface area contributed by atoms with E-state index in [1.54, 1.807) is 4.90 Å². The van der Waals surface area contributed by atoms with E-state index in [0.717, 1.165) is 29.7 Å². The Balaban J connectivity index is 1.85. The summed E-state index contributed by atoms with van der Waals surface area (Å²) in [5.74, 6) is -1.91. The van der Waals surface area contributed by atoms with Crippen molar-refractivity contribution in [1.82, 2.24) is 14.5 Å². The monoisotopic (exact) mass is 387 g/mol. The Labute approximate surface area is 157 Å². The maximum Gasteiger partial charge on any atom is 0.286 e. The number of amides is 2. The van der Waals surface area contributed by atoms with Crippen molar-refractivity contribution >= 4 is 23.3 Å². The second-order valence-corrected chi connectivity index (χ2v) is 6.39. The highest BCUT2D eigenvalue weighted by Crippen LogP contribution is 2.15. The van der Waals surface area contributed by atoms with E-state index in [1.165, 1.54) is 12.3 Å². The molecule has 0 spiro atoms. The molecule has 0 aromatic carbocycles. The third-order valence-corrected chi connectivity index (χ3v) is 4.49. The molecule has 2 amide bonds. The largest absolute Gasteiger partial charge is 0.365 e. The number of hydrogen-bond acceptors (Lipinski definition) is 6. The number of ketones is 1. The number of carbonyl (C=O) groups is 3. The van der Waals surface area contributed by atoms with Gasteiger partial charge in [0.25, 0.3) is 23.1 Å². The molecule has 3 N–H and O–H groups in total. The number of Topliss-reactive ketones (excluding diaryl/α,β-unsaturated/α-hetero) is 1. The van der Waals surface area contributed by atoms with Crippen molar-refractivity contribution in [1.29, 1.82) is 0 Å². The summed E-state index contributed by atoms with van der Waals surface area (Å²) in [5, 5.41) is 11.0. The lowest BCUT2D eigenvalue weighted by Gasteiger charge is -2.13. The van der Waals surface area contributed by atoms with E-state index in [9.17, 15) is 29.3 Å². The van der Waals surface area contributed by atoms with Crippen LogP contribution in [0.5, 0.6) is 0 Å². The Morgan fingerprint density at radius 2 is 1.89 bits per heavy atom. The van der Waals surface area contributed by atoms with Crippen LogP contribution in [0.4, 0.5) is 5.69 Å². The third kappa shape index (κ3) is 3.68. The van der Waals surface area contributed by atoms with Crippen LogP contribution < -0.4 is 11.3 Å². The van der Waals surface area contributed by atoms with E-state index < -0.39 is 40.0 Å². The molecule has 0 radical (unpaired) electrons. The highest BCUT2D eigenvalue weighted by Gasteiger charge is 2.23. The van der Waals surface area contributed by atoms with Gasteiger partial charge in [0.05, 0.1) is 17.7 Å². The van der Waals surface area contributed by atoms with Crippen LogP contribution in [0.15, 0.2) is 29.3 Å². The molecule has 1 saturated heterocycles. The summed E-state index contributed by atoms with van der Waals surface area (Å²) in [6.07, 6.45) is 4.06. The number of nitrogens with zero attached hydrogens (tertiary/aromatic N) is 3. The summed E-state index contributed by atoms with van der Waals surface area (Å²) in [7, 11) is 0. The van der Waals surface area contributed by atoms with Crippen LogP contribution in [0.25, 0.3) is 0 Å². The summed E-state index contributed by atoms with van der Waals surface area (Å²) in [6, 6.07) is 2.15. The lowest BCUT2D eigenvalue weighted by molar-refractivity contribution is -0.385. The number of aromatic amines is 1. The van der Waals surface area contributed by atoms with E-state index in [-0.39, 0.29) is 17.2 Å². The fourth-order valence-electron chi connectivity index (χ4n) is 3.03. The van der Waals surface area contributed by atoms with E-state index in [1.807, 2.05) is 0 Å². The quantitative estimate of drug-likeness (QED) is 0.411. The van der Waals surface area contributed by atoms with Gasteiger partial charge in [0.1, 0.15) is 11.3 Å². The number of nitrogens with two attached hydrogens (primary N) is 1. The zero-order valence-electron chi connectivity index (χ0n) is 14.7. The average Bonchev–Trinajstić information content (AvgIpc) is 3.34. The van der Waals surface area contributed by atoms with Crippen LogP contribution in [0.2, 0.25) is 0 Å². The zero-order chi connectivity index (χ0) is 20.4. The number of hydrogen-bond donors (Lipinski definition) is 2. The van der Waals surface area contributed by atoms with Gasteiger partial charge in [0.15, 0.2) is 5.78 Å². The van der Waals surface area contributed by atoms with Gasteiger partial charge in [-0.15, -0.1) is 0 Å². The molecule has 0 saturated carbocycles. The molecule has 11 nitrogen and oxygen atoms in total. The Morgan fingerprint density at radius 1 is 1.21 bits per heavy atom. The van der Waals surface area contributed by atoms with Crippen molar-refractivity contribution in [2.45, 2.75) is 19.4 Å². The first-order chi connectivity index (χ1) is 13.3. The molecule has 3 rings (SSSR count). The number of primary amides is 1. The number of likely N-dealkylation sites (tertiary alicyclic amines) is 1. The van der Waals surface area contributed by atoms with Gasteiger partial charge in [-0.05, 0) is 18.9 Å². The first-order valence-electron chi connectivity index (χ1n) is 8.47. The number of H-pyrrole nitrogens is 1. The number of pyridine rings is 1. The highest BCUT2D eigenvalue weighted by atomic mass is 16.6. The SMILES string of the molecule is NC(=O)c1cc([N+](=O)[O-])cn(CC(=O)c2c[nH]c(C(=O)N3CCCC3)c2)c1=O. The minimum Gasteiger partial charge on any atom is -0.365 e. The zero-order valence-corrected chi connectivity index (χ0v) is 14.7. The van der Waals surface area contributed by atoms with Crippen molar-refractivity contribution < 1.29 is 19.3 Å². The number of carbonyl (C=O) groups excluding carboxylic acids is 3. The second-order valence-electron chi connectivity index (χ2n) is 6.39. The van der Waals surface area contributed by atoms with Crippen molar-refractivity contribution in [3.05, 3.63) is 61.8 Å². The van der Waals surface area contributed by atoms with Gasteiger partial charge in [-0.2, -0.15) is 0 Å². The predicted octanol–water partition coefficient (Wildman–Crippen LogP) is 0.302. The fourth-order valence-corrected chi connectivity index (χ4v) is 3.03. The summed E-state index contributed by atoms with van der Waals surface area (Å²) in [6.45, 7) is 0.760. The molecule has 0 bridgehead atoms. The van der Waals surface area contributed by atoms with Crippen molar-refractivity contribution in [2.75, 3.05) is 13.1 Å². The van der Waals surface area contributed by atoms with Crippen LogP contribution >= 0.6 is 0 Å². The Morgan fingerprint density at radius 3 is 2.50 bits per heavy atom. The second kappa shape index (κ2) is 7.47. The lowest BCUT2D eigenvalue weighted by atomic mass is 10.2. The molecule has 1 aliphatic heterocycles. The predicted molar refractivity (Wildman–Crippen MR) is 96.1 cm³/mol. The topological polar surface area (TPSA) is 161 Å². The third-order valence-electron chi connectivity index (χ3n) is 4.49. The molecular weight excluding hydrogens is 370 g/mol. The molecule has 0 atom stereocenters. The van der Waals surface area contributed by atoms with Crippen LogP contribution in [-0.2, 0) is 6.54 Å². The van der Waals surface area contributed by atoms with Crippen molar-refractivity contribution in [2.24, 2.45) is 5.73 Å². The maximum absolute atomic E-state index is 12.5. The minimum absolute atomic E-state index is 0.140. The molecule has 1 aliphatic rings. The van der Waals surface area contributed by atoms with Gasteiger partial charge < -0.3 is 20.2 Å². The van der Waals surface area contributed by atoms with E-state index in [4.69, 9.17) is 5.73 Å². The standard InChI is InChI=1S/C17H17N5O6/c18-15(24)12-6-11(22(27)28)8-21(16(12)25)9-14(23)10-5-13(19-7-10)17(26)20-3-1-2-4-20/h5-8,19H,1-4,9H2,(H2,18,24). The van der Waals surface area contributed by atoms with Crippen LogP contribution in [-0.4, -0.2) is 50.1 Å². The molecule has 0 aliphatic carbocycles. The molecule has 2 aromatic rings. The Kier molecular flexibility index (Phi) is 5.07. The molecule has 2 aromatic heterocycles. The van der Waals surface area contributed by atoms with Gasteiger partial charge in [-0.1, -0.05) is 0 Å². The minimum atomic E-state index is -1.13. The smallest absolute Gasteiger partial charge is 0.286 e. The normalized spacial score (nSPS) is 13.5. The molecular formula is C17H17N5O6. The summed E-state index contributed by atoms with van der Waals surface area (Å²) in [4.78, 5) is 63.1. The number of nitrogens with one attached hydrogen (secondary N) is 1. The lowest BCUT2D eigenvalue weighted by Crippen LogP contribution is -2.31. The van der Waals surface area contributed by atoms with Gasteiger partial charge in [0, 0.05) is 30.9 Å². The summed E-state index contributed by atoms with van der Waals surface area (Å²) >= 11 is 0. The van der Waals surface area contributed by atoms with Crippen LogP contribution in [0.1, 0.15) is 44.0 Å². The molecule has 0 unspecified atom stereocenters. The first-order valence-corrected chi connectivity index (χ1v) is 8.47. The molecule has 28 heavy (non-hydrogen) atoms. The van der Waals surface area contributed by atoms with Crippen molar-refractivity contribution in [3.8, 4) is 0 Å². The Bertz CT molecular complexity index is 1030. The van der Waals surface area contributed by atoms with Gasteiger partial charge >= 0.3 is 0 Å². The van der Waals surface area contributed by atoms with E-state index in [2.05, 4.69) is 4.98 Å². The highest BCUT2D eigenvalue weighted by molar-refractivity contribution is 6.00. The van der Waals surface area contributed by atoms with E-state index in [0.29, 0.717) is 13.1 Å². The average molecular weight is 387 g/mol. The summed E-state index contributed by atoms with van der Waals surface area (Å²) in [5.41, 5.74) is 3.44. The first kappa shape index (κ1) is 19.0. The van der Waals surface area contributed by atoms with Gasteiger partial charge in [0.2, 0.25) is 0 Å². The van der Waals surface area contributed by atoms with Crippen LogP contribution in [0, 0.1) is 10.1 Å². The number of aromatic nitrogens is 2. The molecule has 3 heterocycles. The summed E-state index contributed by atoms with van der Waals surface area (Å²) < 4.78 is 0.759. The molecule has 11 heteroatoms. The Hall–Kier alpha value is -3.76. The number of rotatable bonds is 6. The molecule has 146 valence electrons. The fraction of sp³-hybridized carbons (Fsp3) is 0.294. The number of nitro groups is 1. The molecule has 1 fully saturated rings. The van der Waals surface area contributed by atoms with Crippen LogP contribution in [0.3, 0.4) is 0 Å². The van der Waals surface area contributed by atoms with Gasteiger partial charge in [-0.25, -0.2) is 0 Å². The van der Waals surface area contributed by atoms with E-state index >= 15 is 0 Å².